The third-order valence-electron chi connectivity index (χ3n) is 3.19. The molecule has 0 saturated carbocycles. The van der Waals surface area contributed by atoms with Gasteiger partial charge in [-0.15, -0.1) is 0 Å². The third kappa shape index (κ3) is 6.99. The van der Waals surface area contributed by atoms with Gasteiger partial charge in [-0.05, 0) is 31.7 Å². The minimum absolute atomic E-state index is 0.637. The molecule has 1 heterocycles. The standard InChI is InChI=1S/C13H27NO3/c1-12-11-17-8-5-13(12)14-6-3-4-7-16-10-9-15-2/h12-14H,3-11H2,1-2H3. The van der Waals surface area contributed by atoms with Crippen LogP contribution in [0.4, 0.5) is 0 Å². The van der Waals surface area contributed by atoms with Gasteiger partial charge < -0.3 is 19.5 Å². The predicted octanol–water partition coefficient (Wildman–Crippen LogP) is 1.44. The van der Waals surface area contributed by atoms with Crippen molar-refractivity contribution in [2.75, 3.05) is 46.7 Å². The maximum Gasteiger partial charge on any atom is 0.0700 e. The second-order valence-electron chi connectivity index (χ2n) is 4.71. The van der Waals surface area contributed by atoms with Crippen LogP contribution in [0.1, 0.15) is 26.2 Å². The summed E-state index contributed by atoms with van der Waals surface area (Å²) in [6.07, 6.45) is 3.44. The highest BCUT2D eigenvalue weighted by Crippen LogP contribution is 2.13. The Morgan fingerprint density at radius 1 is 1.24 bits per heavy atom. The normalized spacial score (nSPS) is 25.1. The van der Waals surface area contributed by atoms with Crippen molar-refractivity contribution < 1.29 is 14.2 Å². The Morgan fingerprint density at radius 2 is 2.12 bits per heavy atom. The van der Waals surface area contributed by atoms with Crippen LogP contribution in [0.15, 0.2) is 0 Å². The zero-order valence-electron chi connectivity index (χ0n) is 11.2. The maximum absolute atomic E-state index is 5.42. The number of nitrogens with one attached hydrogen (secondary N) is 1. The first-order valence-electron chi connectivity index (χ1n) is 6.72. The highest BCUT2D eigenvalue weighted by molar-refractivity contribution is 4.76. The highest BCUT2D eigenvalue weighted by Gasteiger charge is 2.20. The summed E-state index contributed by atoms with van der Waals surface area (Å²) in [6, 6.07) is 0.637. The van der Waals surface area contributed by atoms with Crippen molar-refractivity contribution in [2.45, 2.75) is 32.2 Å². The van der Waals surface area contributed by atoms with Gasteiger partial charge in [-0.25, -0.2) is 0 Å². The van der Waals surface area contributed by atoms with Crippen LogP contribution in [-0.4, -0.2) is 52.7 Å². The molecule has 1 N–H and O–H groups in total. The SMILES string of the molecule is COCCOCCCCNC1CCOCC1C. The molecule has 0 aromatic rings. The largest absolute Gasteiger partial charge is 0.382 e. The fraction of sp³-hybridized carbons (Fsp3) is 1.00. The van der Waals surface area contributed by atoms with E-state index >= 15 is 0 Å². The van der Waals surface area contributed by atoms with Gasteiger partial charge in [-0.2, -0.15) is 0 Å². The Labute approximate surface area is 105 Å². The average molecular weight is 245 g/mol. The van der Waals surface area contributed by atoms with E-state index in [9.17, 15) is 0 Å². The molecule has 4 nitrogen and oxygen atoms in total. The third-order valence-corrected chi connectivity index (χ3v) is 3.19. The van der Waals surface area contributed by atoms with E-state index < -0.39 is 0 Å². The summed E-state index contributed by atoms with van der Waals surface area (Å²) in [5.41, 5.74) is 0. The average Bonchev–Trinajstić information content (AvgIpc) is 2.35. The van der Waals surface area contributed by atoms with Gasteiger partial charge in [-0.1, -0.05) is 6.92 Å². The van der Waals surface area contributed by atoms with Crippen LogP contribution < -0.4 is 5.32 Å². The van der Waals surface area contributed by atoms with Gasteiger partial charge in [0.25, 0.3) is 0 Å². The number of rotatable bonds is 9. The molecular weight excluding hydrogens is 218 g/mol. The molecular formula is C13H27NO3. The van der Waals surface area contributed by atoms with E-state index in [1.165, 1.54) is 6.42 Å². The zero-order chi connectivity index (χ0) is 12.3. The summed E-state index contributed by atoms with van der Waals surface area (Å²) in [7, 11) is 1.70. The number of hydrogen-bond donors (Lipinski definition) is 1. The second kappa shape index (κ2) is 9.83. The summed E-state index contributed by atoms with van der Waals surface area (Å²) in [5.74, 6) is 0.640. The van der Waals surface area contributed by atoms with Crippen LogP contribution in [0.25, 0.3) is 0 Å². The molecule has 0 aliphatic carbocycles. The lowest BCUT2D eigenvalue weighted by Gasteiger charge is -2.29. The molecule has 102 valence electrons. The molecule has 4 heteroatoms. The summed E-state index contributed by atoms with van der Waals surface area (Å²) in [6.45, 7) is 7.39. The maximum atomic E-state index is 5.42. The van der Waals surface area contributed by atoms with Crippen molar-refractivity contribution in [3.8, 4) is 0 Å². The summed E-state index contributed by atoms with van der Waals surface area (Å²) >= 11 is 0. The Balaban J connectivity index is 1.86. The van der Waals surface area contributed by atoms with Crippen molar-refractivity contribution in [2.24, 2.45) is 5.92 Å². The molecule has 2 unspecified atom stereocenters. The van der Waals surface area contributed by atoms with Gasteiger partial charge in [-0.3, -0.25) is 0 Å². The predicted molar refractivity (Wildman–Crippen MR) is 68.3 cm³/mol. The van der Waals surface area contributed by atoms with E-state index in [0.29, 0.717) is 25.2 Å². The van der Waals surface area contributed by atoms with Crippen LogP contribution in [-0.2, 0) is 14.2 Å². The number of ether oxygens (including phenoxy) is 3. The molecule has 0 amide bonds. The minimum Gasteiger partial charge on any atom is -0.382 e. The highest BCUT2D eigenvalue weighted by atomic mass is 16.5. The molecule has 1 saturated heterocycles. The van der Waals surface area contributed by atoms with E-state index in [-0.39, 0.29) is 0 Å². The van der Waals surface area contributed by atoms with E-state index in [1.54, 1.807) is 7.11 Å². The van der Waals surface area contributed by atoms with Crippen LogP contribution >= 0.6 is 0 Å². The van der Waals surface area contributed by atoms with Gasteiger partial charge in [0.15, 0.2) is 0 Å². The molecule has 1 fully saturated rings. The van der Waals surface area contributed by atoms with Crippen molar-refractivity contribution in [3.05, 3.63) is 0 Å². The molecule has 1 aliphatic heterocycles. The fourth-order valence-corrected chi connectivity index (χ4v) is 2.04. The Hall–Kier alpha value is -0.160. The van der Waals surface area contributed by atoms with Crippen LogP contribution in [0.5, 0.6) is 0 Å². The summed E-state index contributed by atoms with van der Waals surface area (Å²) in [5, 5.41) is 3.61. The smallest absolute Gasteiger partial charge is 0.0700 e. The lowest BCUT2D eigenvalue weighted by atomic mass is 9.98. The minimum atomic E-state index is 0.637. The zero-order valence-corrected chi connectivity index (χ0v) is 11.2. The first kappa shape index (κ1) is 14.9. The Kier molecular flexibility index (Phi) is 8.61. The van der Waals surface area contributed by atoms with Crippen LogP contribution in [0.3, 0.4) is 0 Å². The van der Waals surface area contributed by atoms with Gasteiger partial charge in [0.2, 0.25) is 0 Å². The molecule has 1 aliphatic rings. The molecule has 0 bridgehead atoms. The first-order valence-corrected chi connectivity index (χ1v) is 6.72. The van der Waals surface area contributed by atoms with Gasteiger partial charge in [0.05, 0.1) is 19.8 Å². The second-order valence-corrected chi connectivity index (χ2v) is 4.71. The van der Waals surface area contributed by atoms with Gasteiger partial charge in [0.1, 0.15) is 0 Å². The molecule has 0 aromatic heterocycles. The monoisotopic (exact) mass is 245 g/mol. The van der Waals surface area contributed by atoms with E-state index in [0.717, 1.165) is 39.2 Å². The van der Waals surface area contributed by atoms with Crippen molar-refractivity contribution >= 4 is 0 Å². The lowest BCUT2D eigenvalue weighted by Crippen LogP contribution is -2.41. The summed E-state index contributed by atoms with van der Waals surface area (Å²) < 4.78 is 15.7. The lowest BCUT2D eigenvalue weighted by molar-refractivity contribution is 0.0385. The van der Waals surface area contributed by atoms with E-state index in [1.807, 2.05) is 0 Å². The molecule has 2 atom stereocenters. The van der Waals surface area contributed by atoms with Crippen molar-refractivity contribution in [1.82, 2.24) is 5.32 Å². The first-order chi connectivity index (χ1) is 8.34. The van der Waals surface area contributed by atoms with E-state index in [2.05, 4.69) is 12.2 Å². The molecule has 0 aromatic carbocycles. The topological polar surface area (TPSA) is 39.7 Å². The fourth-order valence-electron chi connectivity index (χ4n) is 2.04. The molecule has 1 rings (SSSR count). The quantitative estimate of drug-likeness (QED) is 0.624. The van der Waals surface area contributed by atoms with Crippen molar-refractivity contribution in [1.29, 1.82) is 0 Å². The number of methoxy groups -OCH3 is 1. The number of hydrogen-bond acceptors (Lipinski definition) is 4. The summed E-state index contributed by atoms with van der Waals surface area (Å²) in [4.78, 5) is 0. The van der Waals surface area contributed by atoms with Crippen molar-refractivity contribution in [3.63, 3.8) is 0 Å². The van der Waals surface area contributed by atoms with Crippen LogP contribution in [0, 0.1) is 5.92 Å². The Morgan fingerprint density at radius 3 is 2.88 bits per heavy atom. The molecule has 0 spiro atoms. The Bertz CT molecular complexity index is 178. The van der Waals surface area contributed by atoms with Crippen LogP contribution in [0.2, 0.25) is 0 Å². The van der Waals surface area contributed by atoms with Gasteiger partial charge in [0, 0.05) is 26.4 Å². The number of unbranched alkanes of at least 4 members (excludes halogenated alkanes) is 1. The molecule has 0 radical (unpaired) electrons. The van der Waals surface area contributed by atoms with E-state index in [4.69, 9.17) is 14.2 Å². The van der Waals surface area contributed by atoms with Gasteiger partial charge >= 0.3 is 0 Å². The molecule has 17 heavy (non-hydrogen) atoms.